The van der Waals surface area contributed by atoms with Gasteiger partial charge in [-0.05, 0) is 24.5 Å². The van der Waals surface area contributed by atoms with E-state index in [0.717, 1.165) is 4.90 Å². The second-order valence-electron chi connectivity index (χ2n) is 2.17. The highest BCUT2D eigenvalue weighted by Gasteiger charge is 2.02. The van der Waals surface area contributed by atoms with Crippen LogP contribution >= 0.6 is 11.8 Å². The average Bonchev–Trinajstić information content (AvgIpc) is 2.16. The van der Waals surface area contributed by atoms with Gasteiger partial charge in [-0.15, -0.1) is 11.8 Å². The third kappa shape index (κ3) is 1.80. The summed E-state index contributed by atoms with van der Waals surface area (Å²) in [6, 6.07) is 5.40. The lowest BCUT2D eigenvalue weighted by Crippen LogP contribution is -1.90. The molecule has 0 saturated carbocycles. The van der Waals surface area contributed by atoms with Gasteiger partial charge in [0.1, 0.15) is 5.75 Å². The summed E-state index contributed by atoms with van der Waals surface area (Å²) in [5, 5.41) is 0. The summed E-state index contributed by atoms with van der Waals surface area (Å²) in [4.78, 5) is 11.4. The quantitative estimate of drug-likeness (QED) is 0.666. The van der Waals surface area contributed by atoms with E-state index in [2.05, 4.69) is 0 Å². The molecule has 0 heterocycles. The summed E-state index contributed by atoms with van der Waals surface area (Å²) in [7, 11) is 1.54. The molecule has 3 heteroatoms. The number of rotatable bonds is 3. The zero-order valence-corrected chi connectivity index (χ0v) is 7.77. The van der Waals surface area contributed by atoms with Gasteiger partial charge in [-0.3, -0.25) is 4.79 Å². The van der Waals surface area contributed by atoms with E-state index in [-0.39, 0.29) is 0 Å². The van der Waals surface area contributed by atoms with Crippen molar-refractivity contribution in [3.05, 3.63) is 23.8 Å². The van der Waals surface area contributed by atoms with Crippen LogP contribution < -0.4 is 4.74 Å². The Balaban J connectivity index is 3.10. The molecule has 12 heavy (non-hydrogen) atoms. The van der Waals surface area contributed by atoms with Gasteiger partial charge in [0.05, 0.1) is 12.7 Å². The maximum atomic E-state index is 10.4. The highest BCUT2D eigenvalue weighted by atomic mass is 32.2. The molecule has 0 unspecified atom stereocenters. The van der Waals surface area contributed by atoms with Gasteiger partial charge in [-0.1, -0.05) is 0 Å². The molecule has 0 bridgehead atoms. The first-order chi connectivity index (χ1) is 5.81. The molecule has 0 fully saturated rings. The zero-order valence-electron chi connectivity index (χ0n) is 6.96. The van der Waals surface area contributed by atoms with Gasteiger partial charge in [-0.25, -0.2) is 0 Å². The molecule has 0 aromatic heterocycles. The van der Waals surface area contributed by atoms with Crippen LogP contribution in [0.4, 0.5) is 0 Å². The highest BCUT2D eigenvalue weighted by molar-refractivity contribution is 7.98. The number of carbonyl (C=O) groups excluding carboxylic acids is 1. The van der Waals surface area contributed by atoms with Crippen molar-refractivity contribution in [2.75, 3.05) is 13.4 Å². The number of thioether (sulfide) groups is 1. The first-order valence-electron chi connectivity index (χ1n) is 3.42. The fraction of sp³-hybridized carbons (Fsp3) is 0.222. The minimum atomic E-state index is 0.468. The van der Waals surface area contributed by atoms with Crippen molar-refractivity contribution in [1.82, 2.24) is 0 Å². The molecular formula is C9H9O2S. The molecule has 0 spiro atoms. The van der Waals surface area contributed by atoms with Gasteiger partial charge in [0, 0.05) is 4.90 Å². The Morgan fingerprint density at radius 3 is 2.75 bits per heavy atom. The summed E-state index contributed by atoms with van der Waals surface area (Å²) in [6.07, 6.45) is 3.78. The molecule has 1 radical (unpaired) electrons. The number of hydrogen-bond donors (Lipinski definition) is 0. The van der Waals surface area contributed by atoms with Gasteiger partial charge in [-0.2, -0.15) is 0 Å². The summed E-state index contributed by atoms with van der Waals surface area (Å²) >= 11 is 1.61. The van der Waals surface area contributed by atoms with Gasteiger partial charge >= 0.3 is 0 Å². The molecule has 0 saturated heterocycles. The Morgan fingerprint density at radius 1 is 1.50 bits per heavy atom. The minimum absolute atomic E-state index is 0.468. The lowest BCUT2D eigenvalue weighted by Gasteiger charge is -2.03. The molecule has 1 aromatic rings. The average molecular weight is 181 g/mol. The molecule has 1 aromatic carbocycles. The normalized spacial score (nSPS) is 9.50. The Hall–Kier alpha value is -0.960. The SMILES string of the molecule is COc1cc(SC)ccc1[C]=O. The molecule has 1 rings (SSSR count). The first kappa shape index (κ1) is 9.13. The maximum Gasteiger partial charge on any atom is 0.237 e. The molecule has 0 aliphatic heterocycles. The van der Waals surface area contributed by atoms with Crippen molar-refractivity contribution in [2.24, 2.45) is 0 Å². The molecule has 63 valence electrons. The molecule has 0 amide bonds. The second-order valence-corrected chi connectivity index (χ2v) is 3.05. The van der Waals surface area contributed by atoms with Gasteiger partial charge in [0.15, 0.2) is 0 Å². The van der Waals surface area contributed by atoms with E-state index in [9.17, 15) is 4.79 Å². The molecule has 0 N–H and O–H groups in total. The lowest BCUT2D eigenvalue weighted by atomic mass is 10.2. The van der Waals surface area contributed by atoms with E-state index in [1.54, 1.807) is 24.9 Å². The second kappa shape index (κ2) is 4.16. The van der Waals surface area contributed by atoms with Crippen LogP contribution in [0.3, 0.4) is 0 Å². The highest BCUT2D eigenvalue weighted by Crippen LogP contribution is 2.23. The number of methoxy groups -OCH3 is 1. The largest absolute Gasteiger partial charge is 0.496 e. The number of ether oxygens (including phenoxy) is 1. The van der Waals surface area contributed by atoms with Crippen LogP contribution in [-0.2, 0) is 4.79 Å². The number of benzene rings is 1. The third-order valence-electron chi connectivity index (χ3n) is 1.52. The van der Waals surface area contributed by atoms with E-state index >= 15 is 0 Å². The Morgan fingerprint density at radius 2 is 2.25 bits per heavy atom. The lowest BCUT2D eigenvalue weighted by molar-refractivity contribution is 0.412. The summed E-state index contributed by atoms with van der Waals surface area (Å²) in [5.74, 6) is 0.580. The van der Waals surface area contributed by atoms with Crippen LogP contribution in [0.15, 0.2) is 23.1 Å². The van der Waals surface area contributed by atoms with Crippen LogP contribution in [0.2, 0.25) is 0 Å². The van der Waals surface area contributed by atoms with E-state index in [0.29, 0.717) is 11.3 Å². The predicted octanol–water partition coefficient (Wildman–Crippen LogP) is 1.87. The van der Waals surface area contributed by atoms with Crippen molar-refractivity contribution in [3.63, 3.8) is 0 Å². The summed E-state index contributed by atoms with van der Waals surface area (Å²) in [6.45, 7) is 0. The first-order valence-corrected chi connectivity index (χ1v) is 4.64. The van der Waals surface area contributed by atoms with Crippen molar-refractivity contribution in [2.45, 2.75) is 4.90 Å². The van der Waals surface area contributed by atoms with Gasteiger partial charge in [0.2, 0.25) is 6.29 Å². The van der Waals surface area contributed by atoms with E-state index in [1.165, 1.54) is 0 Å². The van der Waals surface area contributed by atoms with E-state index in [4.69, 9.17) is 4.74 Å². The van der Waals surface area contributed by atoms with Crippen LogP contribution in [0.25, 0.3) is 0 Å². The molecule has 0 aliphatic carbocycles. The fourth-order valence-corrected chi connectivity index (χ4v) is 1.31. The molecule has 2 nitrogen and oxygen atoms in total. The van der Waals surface area contributed by atoms with Crippen molar-refractivity contribution < 1.29 is 9.53 Å². The van der Waals surface area contributed by atoms with Crippen molar-refractivity contribution in [3.8, 4) is 5.75 Å². The summed E-state index contributed by atoms with van der Waals surface area (Å²) in [5.41, 5.74) is 0.468. The van der Waals surface area contributed by atoms with Crippen molar-refractivity contribution >= 4 is 18.0 Å². The van der Waals surface area contributed by atoms with E-state index in [1.807, 2.05) is 24.7 Å². The number of hydrogen-bond acceptors (Lipinski definition) is 3. The van der Waals surface area contributed by atoms with Crippen LogP contribution in [0.5, 0.6) is 5.75 Å². The molecular weight excluding hydrogens is 172 g/mol. The smallest absolute Gasteiger partial charge is 0.237 e. The van der Waals surface area contributed by atoms with Crippen LogP contribution in [0, 0.1) is 0 Å². The molecule has 0 aliphatic rings. The van der Waals surface area contributed by atoms with E-state index < -0.39 is 0 Å². The topological polar surface area (TPSA) is 26.3 Å². The van der Waals surface area contributed by atoms with Gasteiger partial charge < -0.3 is 4.74 Å². The molecule has 0 atom stereocenters. The Labute approximate surface area is 75.9 Å². The monoisotopic (exact) mass is 181 g/mol. The standard InChI is InChI=1S/C9H9O2S/c1-11-9-5-8(12-2)4-3-7(9)6-10/h3-5H,1-2H3. The maximum absolute atomic E-state index is 10.4. The fourth-order valence-electron chi connectivity index (χ4n) is 0.883. The Kier molecular flexibility index (Phi) is 3.17. The summed E-state index contributed by atoms with van der Waals surface area (Å²) < 4.78 is 5.00. The predicted molar refractivity (Wildman–Crippen MR) is 49.6 cm³/mol. The van der Waals surface area contributed by atoms with Crippen LogP contribution in [0.1, 0.15) is 5.56 Å². The van der Waals surface area contributed by atoms with Gasteiger partial charge in [0.25, 0.3) is 0 Å². The van der Waals surface area contributed by atoms with Crippen LogP contribution in [-0.4, -0.2) is 19.7 Å². The zero-order chi connectivity index (χ0) is 8.97. The third-order valence-corrected chi connectivity index (χ3v) is 2.24. The van der Waals surface area contributed by atoms with Crippen molar-refractivity contribution in [1.29, 1.82) is 0 Å². The minimum Gasteiger partial charge on any atom is -0.496 e. The Bertz CT molecular complexity index is 284.